The molecule has 15 heavy (non-hydrogen) atoms. The van der Waals surface area contributed by atoms with Gasteiger partial charge in [0.2, 0.25) is 0 Å². The molecule has 1 aliphatic rings. The Morgan fingerprint density at radius 3 is 2.60 bits per heavy atom. The highest BCUT2D eigenvalue weighted by molar-refractivity contribution is 7.99. The van der Waals surface area contributed by atoms with Gasteiger partial charge in [-0.15, -0.1) is 0 Å². The second-order valence-electron chi connectivity index (χ2n) is 5.25. The summed E-state index contributed by atoms with van der Waals surface area (Å²) < 4.78 is 0. The van der Waals surface area contributed by atoms with E-state index in [1.54, 1.807) is 0 Å². The van der Waals surface area contributed by atoms with Crippen LogP contribution in [0.3, 0.4) is 0 Å². The summed E-state index contributed by atoms with van der Waals surface area (Å²) in [5.41, 5.74) is 0. The minimum Gasteiger partial charge on any atom is -0.316 e. The molecular formula is C13H27NS. The Morgan fingerprint density at radius 1 is 1.33 bits per heavy atom. The Bertz CT molecular complexity index is 170. The van der Waals surface area contributed by atoms with Crippen LogP contribution in [-0.2, 0) is 0 Å². The fourth-order valence-corrected chi connectivity index (χ4v) is 3.96. The van der Waals surface area contributed by atoms with Crippen LogP contribution in [0, 0.1) is 11.8 Å². The lowest BCUT2D eigenvalue weighted by molar-refractivity contribution is 0.304. The average Bonchev–Trinajstić information content (AvgIpc) is 2.25. The molecule has 0 aromatic heterocycles. The van der Waals surface area contributed by atoms with E-state index in [-0.39, 0.29) is 0 Å². The number of thioether (sulfide) groups is 1. The second-order valence-corrected chi connectivity index (χ2v) is 6.52. The summed E-state index contributed by atoms with van der Waals surface area (Å²) in [6.45, 7) is 6.98. The molecular weight excluding hydrogens is 202 g/mol. The van der Waals surface area contributed by atoms with Crippen LogP contribution in [0.5, 0.6) is 0 Å². The molecule has 0 aromatic rings. The Kier molecular flexibility index (Phi) is 6.06. The van der Waals surface area contributed by atoms with Crippen molar-refractivity contribution in [2.24, 2.45) is 11.8 Å². The molecule has 1 saturated carbocycles. The molecule has 0 saturated heterocycles. The summed E-state index contributed by atoms with van der Waals surface area (Å²) >= 11 is 2.19. The molecule has 0 aliphatic heterocycles. The molecule has 2 heteroatoms. The van der Waals surface area contributed by atoms with E-state index in [4.69, 9.17) is 0 Å². The van der Waals surface area contributed by atoms with Crippen molar-refractivity contribution in [1.29, 1.82) is 0 Å². The van der Waals surface area contributed by atoms with Crippen LogP contribution in [0.25, 0.3) is 0 Å². The molecule has 0 radical (unpaired) electrons. The SMILES string of the molecule is CCC1CCC(NC)C(SCC(C)C)C1. The van der Waals surface area contributed by atoms with Gasteiger partial charge in [0.25, 0.3) is 0 Å². The zero-order valence-electron chi connectivity index (χ0n) is 10.8. The van der Waals surface area contributed by atoms with Crippen molar-refractivity contribution >= 4 is 11.8 Å². The van der Waals surface area contributed by atoms with E-state index >= 15 is 0 Å². The summed E-state index contributed by atoms with van der Waals surface area (Å²) in [4.78, 5) is 0. The molecule has 0 heterocycles. The first-order valence-corrected chi connectivity index (χ1v) is 7.51. The largest absolute Gasteiger partial charge is 0.316 e. The number of hydrogen-bond acceptors (Lipinski definition) is 2. The fourth-order valence-electron chi connectivity index (χ4n) is 2.41. The molecule has 90 valence electrons. The van der Waals surface area contributed by atoms with Crippen LogP contribution in [0.15, 0.2) is 0 Å². The number of hydrogen-bond donors (Lipinski definition) is 1. The maximum Gasteiger partial charge on any atom is 0.0203 e. The maximum absolute atomic E-state index is 3.50. The highest BCUT2D eigenvalue weighted by atomic mass is 32.2. The first kappa shape index (κ1) is 13.4. The molecule has 1 fully saturated rings. The number of rotatable bonds is 5. The quantitative estimate of drug-likeness (QED) is 0.774. The van der Waals surface area contributed by atoms with Crippen LogP contribution in [0.4, 0.5) is 0 Å². The van der Waals surface area contributed by atoms with Gasteiger partial charge in [0.05, 0.1) is 0 Å². The van der Waals surface area contributed by atoms with Crippen LogP contribution >= 0.6 is 11.8 Å². The van der Waals surface area contributed by atoms with E-state index in [9.17, 15) is 0 Å². The highest BCUT2D eigenvalue weighted by Gasteiger charge is 2.28. The van der Waals surface area contributed by atoms with Gasteiger partial charge in [-0.1, -0.05) is 27.2 Å². The van der Waals surface area contributed by atoms with Gasteiger partial charge in [-0.2, -0.15) is 11.8 Å². The third kappa shape index (κ3) is 4.36. The molecule has 0 aromatic carbocycles. The van der Waals surface area contributed by atoms with Crippen LogP contribution in [0.2, 0.25) is 0 Å². The lowest BCUT2D eigenvalue weighted by Gasteiger charge is -2.35. The van der Waals surface area contributed by atoms with Gasteiger partial charge in [0.15, 0.2) is 0 Å². The lowest BCUT2D eigenvalue weighted by atomic mass is 9.84. The van der Waals surface area contributed by atoms with Crippen LogP contribution in [-0.4, -0.2) is 24.1 Å². The molecule has 1 rings (SSSR count). The fraction of sp³-hybridized carbons (Fsp3) is 1.00. The Balaban J connectivity index is 2.40. The Morgan fingerprint density at radius 2 is 2.07 bits per heavy atom. The van der Waals surface area contributed by atoms with Crippen molar-refractivity contribution in [1.82, 2.24) is 5.32 Å². The van der Waals surface area contributed by atoms with Gasteiger partial charge < -0.3 is 5.32 Å². The van der Waals surface area contributed by atoms with Crippen molar-refractivity contribution in [3.05, 3.63) is 0 Å². The third-order valence-electron chi connectivity index (χ3n) is 3.49. The van der Waals surface area contributed by atoms with Crippen molar-refractivity contribution in [3.8, 4) is 0 Å². The summed E-state index contributed by atoms with van der Waals surface area (Å²) in [5.74, 6) is 3.13. The molecule has 1 aliphatic carbocycles. The molecule has 1 nitrogen and oxygen atoms in total. The average molecular weight is 229 g/mol. The maximum atomic E-state index is 3.50. The van der Waals surface area contributed by atoms with E-state index < -0.39 is 0 Å². The molecule has 0 spiro atoms. The minimum atomic E-state index is 0.761. The topological polar surface area (TPSA) is 12.0 Å². The molecule has 3 unspecified atom stereocenters. The third-order valence-corrected chi connectivity index (χ3v) is 5.30. The minimum absolute atomic E-state index is 0.761. The zero-order chi connectivity index (χ0) is 11.3. The molecule has 1 N–H and O–H groups in total. The predicted molar refractivity (Wildman–Crippen MR) is 71.6 cm³/mol. The first-order chi connectivity index (χ1) is 7.17. The van der Waals surface area contributed by atoms with Gasteiger partial charge in [0, 0.05) is 11.3 Å². The highest BCUT2D eigenvalue weighted by Crippen LogP contribution is 2.34. The summed E-state index contributed by atoms with van der Waals surface area (Å²) in [5, 5.41) is 4.36. The predicted octanol–water partition coefficient (Wildman–Crippen LogP) is 3.54. The van der Waals surface area contributed by atoms with Gasteiger partial charge >= 0.3 is 0 Å². The standard InChI is InChI=1S/C13H27NS/c1-5-11-6-7-12(14-4)13(8-11)15-9-10(2)3/h10-14H,5-9H2,1-4H3. The van der Waals surface area contributed by atoms with Crippen molar-refractivity contribution in [3.63, 3.8) is 0 Å². The normalized spacial score (nSPS) is 32.2. The summed E-state index contributed by atoms with van der Waals surface area (Å²) in [6, 6.07) is 0.761. The number of nitrogens with one attached hydrogen (secondary N) is 1. The van der Waals surface area contributed by atoms with E-state index in [1.807, 2.05) is 0 Å². The monoisotopic (exact) mass is 229 g/mol. The summed E-state index contributed by atoms with van der Waals surface area (Å²) in [6.07, 6.45) is 5.61. The lowest BCUT2D eigenvalue weighted by Crippen LogP contribution is -2.41. The Labute approximate surface area is 99.8 Å². The van der Waals surface area contributed by atoms with Crippen molar-refractivity contribution in [2.45, 2.75) is 57.7 Å². The molecule has 0 amide bonds. The van der Waals surface area contributed by atoms with Crippen molar-refractivity contribution in [2.75, 3.05) is 12.8 Å². The van der Waals surface area contributed by atoms with Gasteiger partial charge in [-0.05, 0) is 43.9 Å². The summed E-state index contributed by atoms with van der Waals surface area (Å²) in [7, 11) is 2.12. The van der Waals surface area contributed by atoms with Crippen molar-refractivity contribution < 1.29 is 0 Å². The molecule has 0 bridgehead atoms. The van der Waals surface area contributed by atoms with E-state index in [0.717, 1.165) is 23.1 Å². The Hall–Kier alpha value is 0.310. The smallest absolute Gasteiger partial charge is 0.0203 e. The van der Waals surface area contributed by atoms with E-state index in [1.165, 1.54) is 31.4 Å². The second kappa shape index (κ2) is 6.80. The zero-order valence-corrected chi connectivity index (χ0v) is 11.6. The van der Waals surface area contributed by atoms with E-state index in [2.05, 4.69) is 44.9 Å². The molecule has 3 atom stereocenters. The van der Waals surface area contributed by atoms with Gasteiger partial charge in [-0.3, -0.25) is 0 Å². The van der Waals surface area contributed by atoms with Crippen LogP contribution in [0.1, 0.15) is 46.5 Å². The van der Waals surface area contributed by atoms with Gasteiger partial charge in [-0.25, -0.2) is 0 Å². The van der Waals surface area contributed by atoms with Crippen LogP contribution < -0.4 is 5.32 Å². The first-order valence-electron chi connectivity index (χ1n) is 6.46. The van der Waals surface area contributed by atoms with E-state index in [0.29, 0.717) is 0 Å². The van der Waals surface area contributed by atoms with Gasteiger partial charge in [0.1, 0.15) is 0 Å².